The fraction of sp³-hybridized carbons (Fsp3) is 0.375. The smallest absolute Gasteiger partial charge is 0.322 e. The number of thiazole rings is 1. The Bertz CT molecular complexity index is 534. The van der Waals surface area contributed by atoms with E-state index in [-0.39, 0.29) is 16.6 Å². The molecule has 0 atom stereocenters. The predicted molar refractivity (Wildman–Crippen MR) is 61.5 cm³/mol. The van der Waals surface area contributed by atoms with Gasteiger partial charge in [-0.1, -0.05) is 0 Å². The Morgan fingerprint density at radius 2 is 2.18 bits per heavy atom. The van der Waals surface area contributed by atoms with Gasteiger partial charge in [0.05, 0.1) is 7.11 Å². The highest BCUT2D eigenvalue weighted by Gasteiger charge is 2.18. The number of nitrogens with zero attached hydrogens (tertiary/aromatic N) is 1. The maximum atomic E-state index is 11.4. The third kappa shape index (κ3) is 4.11. The van der Waals surface area contributed by atoms with Crippen LogP contribution in [0, 0.1) is 0 Å². The number of ketones is 1. The van der Waals surface area contributed by atoms with E-state index in [9.17, 15) is 18.0 Å². The fourth-order valence-electron chi connectivity index (χ4n) is 0.866. The van der Waals surface area contributed by atoms with Crippen LogP contribution in [0.2, 0.25) is 0 Å². The molecule has 17 heavy (non-hydrogen) atoms. The second-order valence-corrected chi connectivity index (χ2v) is 5.61. The van der Waals surface area contributed by atoms with Gasteiger partial charge >= 0.3 is 5.97 Å². The van der Waals surface area contributed by atoms with Gasteiger partial charge in [-0.15, -0.1) is 11.3 Å². The molecule has 1 heterocycles. The molecule has 0 aliphatic carbocycles. The van der Waals surface area contributed by atoms with Crippen molar-refractivity contribution in [3.8, 4) is 0 Å². The molecule has 1 aromatic rings. The van der Waals surface area contributed by atoms with Crippen LogP contribution in [-0.2, 0) is 19.6 Å². The van der Waals surface area contributed by atoms with Crippen LogP contribution in [0.25, 0.3) is 0 Å². The number of esters is 1. The van der Waals surface area contributed by atoms with Gasteiger partial charge in [-0.05, 0) is 0 Å². The van der Waals surface area contributed by atoms with Crippen LogP contribution in [0.5, 0.6) is 0 Å². The Balaban J connectivity index is 2.76. The third-order valence-electron chi connectivity index (χ3n) is 1.64. The Kier molecular flexibility index (Phi) is 4.18. The summed E-state index contributed by atoms with van der Waals surface area (Å²) in [7, 11) is -2.75. The van der Waals surface area contributed by atoms with E-state index in [1.165, 1.54) is 12.3 Å². The number of methoxy groups -OCH3 is 1. The molecule has 0 aliphatic heterocycles. The van der Waals surface area contributed by atoms with Gasteiger partial charge in [-0.2, -0.15) is 0 Å². The molecule has 94 valence electrons. The van der Waals surface area contributed by atoms with Crippen LogP contribution < -0.4 is 4.72 Å². The van der Waals surface area contributed by atoms with Crippen LogP contribution in [-0.4, -0.2) is 38.0 Å². The number of anilines is 1. The van der Waals surface area contributed by atoms with Gasteiger partial charge in [-0.3, -0.25) is 14.3 Å². The van der Waals surface area contributed by atoms with Crippen LogP contribution in [0.3, 0.4) is 0 Å². The molecule has 0 aliphatic rings. The van der Waals surface area contributed by atoms with E-state index < -0.39 is 21.7 Å². The maximum Gasteiger partial charge on any atom is 0.322 e. The summed E-state index contributed by atoms with van der Waals surface area (Å²) >= 11 is 0.965. The van der Waals surface area contributed by atoms with Crippen molar-refractivity contribution < 1.29 is 22.7 Å². The van der Waals surface area contributed by atoms with E-state index in [4.69, 9.17) is 0 Å². The molecule has 1 rings (SSSR count). The number of hydrogen-bond donors (Lipinski definition) is 1. The lowest BCUT2D eigenvalue weighted by Gasteiger charge is -2.02. The molecule has 0 radical (unpaired) electrons. The van der Waals surface area contributed by atoms with Crippen molar-refractivity contribution in [3.05, 3.63) is 11.1 Å². The molecule has 9 heteroatoms. The number of aromatic nitrogens is 1. The first-order valence-corrected chi connectivity index (χ1v) is 6.91. The minimum atomic E-state index is -3.85. The van der Waals surface area contributed by atoms with Gasteiger partial charge in [0.25, 0.3) is 0 Å². The zero-order chi connectivity index (χ0) is 13.1. The number of carbonyl (C=O) groups is 2. The lowest BCUT2D eigenvalue weighted by molar-refractivity contribution is -0.137. The molecule has 0 unspecified atom stereocenters. The first kappa shape index (κ1) is 13.6. The van der Waals surface area contributed by atoms with Gasteiger partial charge in [0.1, 0.15) is 5.69 Å². The van der Waals surface area contributed by atoms with Crippen molar-refractivity contribution in [1.82, 2.24) is 4.98 Å². The molecule has 1 aromatic heterocycles. The van der Waals surface area contributed by atoms with E-state index in [2.05, 4.69) is 14.4 Å². The lowest BCUT2D eigenvalue weighted by Crippen LogP contribution is -2.23. The van der Waals surface area contributed by atoms with Gasteiger partial charge in [-0.25, -0.2) is 13.4 Å². The molecule has 0 bridgehead atoms. The molecule has 0 saturated heterocycles. The normalized spacial score (nSPS) is 10.9. The summed E-state index contributed by atoms with van der Waals surface area (Å²) in [5.74, 6) is -1.93. The number of hydrogen-bond acceptors (Lipinski definition) is 7. The first-order valence-electron chi connectivity index (χ1n) is 4.38. The van der Waals surface area contributed by atoms with Gasteiger partial charge < -0.3 is 4.74 Å². The number of Topliss-reactive ketones (excluding diaryl/α,β-unsaturated/α-hetero) is 1. The minimum absolute atomic E-state index is 0.0408. The quantitative estimate of drug-likeness (QED) is 0.612. The maximum absolute atomic E-state index is 11.4. The topological polar surface area (TPSA) is 102 Å². The average Bonchev–Trinajstić information content (AvgIpc) is 2.64. The van der Waals surface area contributed by atoms with Crippen molar-refractivity contribution in [2.45, 2.75) is 6.92 Å². The number of ether oxygens (including phenoxy) is 1. The van der Waals surface area contributed by atoms with Crippen LogP contribution in [0.15, 0.2) is 5.38 Å². The number of rotatable bonds is 5. The highest BCUT2D eigenvalue weighted by atomic mass is 32.2. The third-order valence-corrected chi connectivity index (χ3v) is 3.65. The minimum Gasteiger partial charge on any atom is -0.468 e. The molecule has 7 nitrogen and oxygen atoms in total. The van der Waals surface area contributed by atoms with E-state index >= 15 is 0 Å². The summed E-state index contributed by atoms with van der Waals surface area (Å²) in [4.78, 5) is 25.5. The summed E-state index contributed by atoms with van der Waals surface area (Å²) in [5, 5.41) is 1.47. The zero-order valence-electron chi connectivity index (χ0n) is 9.09. The number of sulfonamides is 1. The summed E-state index contributed by atoms with van der Waals surface area (Å²) in [6.07, 6.45) is 0. The summed E-state index contributed by atoms with van der Waals surface area (Å²) < 4.78 is 29.2. The van der Waals surface area contributed by atoms with Crippen molar-refractivity contribution in [3.63, 3.8) is 0 Å². The Labute approximate surface area is 102 Å². The zero-order valence-corrected chi connectivity index (χ0v) is 10.7. The Morgan fingerprint density at radius 1 is 1.53 bits per heavy atom. The summed E-state index contributed by atoms with van der Waals surface area (Å²) in [6.45, 7) is 1.32. The molecule has 0 spiro atoms. The number of carbonyl (C=O) groups excluding carboxylic acids is 2. The van der Waals surface area contributed by atoms with Crippen molar-refractivity contribution in [2.75, 3.05) is 17.6 Å². The highest BCUT2D eigenvalue weighted by molar-refractivity contribution is 7.93. The second kappa shape index (κ2) is 5.23. The van der Waals surface area contributed by atoms with Crippen molar-refractivity contribution >= 4 is 38.2 Å². The number of nitrogens with one attached hydrogen (secondary N) is 1. The van der Waals surface area contributed by atoms with E-state index in [1.54, 1.807) is 0 Å². The fourth-order valence-corrected chi connectivity index (χ4v) is 2.84. The molecule has 0 fully saturated rings. The van der Waals surface area contributed by atoms with Crippen molar-refractivity contribution in [2.24, 2.45) is 0 Å². The lowest BCUT2D eigenvalue weighted by atomic mass is 10.4. The van der Waals surface area contributed by atoms with E-state index in [0.717, 1.165) is 18.4 Å². The standard InChI is InChI=1S/C8H10N2O5S2/c1-5(11)6-3-16-8(9-6)10-17(13,14)4-7(12)15-2/h3H,4H2,1-2H3,(H,9,10). The average molecular weight is 278 g/mol. The molecule has 0 aromatic carbocycles. The predicted octanol–water partition coefficient (Wildman–Crippen LogP) is 0.260. The Morgan fingerprint density at radius 3 is 2.65 bits per heavy atom. The van der Waals surface area contributed by atoms with Gasteiger partial charge in [0.15, 0.2) is 16.7 Å². The molecule has 0 saturated carbocycles. The SMILES string of the molecule is COC(=O)CS(=O)(=O)Nc1nc(C(C)=O)cs1. The van der Waals surface area contributed by atoms with E-state index in [0.29, 0.717) is 0 Å². The Hall–Kier alpha value is -1.48. The largest absolute Gasteiger partial charge is 0.468 e. The van der Waals surface area contributed by atoms with Crippen LogP contribution >= 0.6 is 11.3 Å². The van der Waals surface area contributed by atoms with Gasteiger partial charge in [0.2, 0.25) is 10.0 Å². The van der Waals surface area contributed by atoms with Crippen molar-refractivity contribution in [1.29, 1.82) is 0 Å². The van der Waals surface area contributed by atoms with E-state index in [1.807, 2.05) is 0 Å². The molecular formula is C8H10N2O5S2. The van der Waals surface area contributed by atoms with Crippen LogP contribution in [0.1, 0.15) is 17.4 Å². The molecular weight excluding hydrogens is 268 g/mol. The monoisotopic (exact) mass is 278 g/mol. The summed E-state index contributed by atoms with van der Waals surface area (Å²) in [6, 6.07) is 0. The second-order valence-electron chi connectivity index (χ2n) is 3.03. The van der Waals surface area contributed by atoms with Crippen LogP contribution in [0.4, 0.5) is 5.13 Å². The molecule has 0 amide bonds. The summed E-state index contributed by atoms with van der Waals surface area (Å²) in [5.41, 5.74) is 0.172. The highest BCUT2D eigenvalue weighted by Crippen LogP contribution is 2.17. The molecule has 1 N–H and O–H groups in total. The van der Waals surface area contributed by atoms with Gasteiger partial charge in [0, 0.05) is 12.3 Å². The first-order chi connectivity index (χ1) is 7.84.